The highest BCUT2D eigenvalue weighted by Gasteiger charge is 2.13. The third-order valence-electron chi connectivity index (χ3n) is 3.05. The van der Waals surface area contributed by atoms with Gasteiger partial charge in [-0.25, -0.2) is 14.4 Å². The highest BCUT2D eigenvalue weighted by molar-refractivity contribution is 14.1. The summed E-state index contributed by atoms with van der Waals surface area (Å²) in [5, 5.41) is 3.26. The van der Waals surface area contributed by atoms with Gasteiger partial charge in [-0.05, 0) is 66.6 Å². The van der Waals surface area contributed by atoms with Gasteiger partial charge in [0.1, 0.15) is 11.6 Å². The van der Waals surface area contributed by atoms with Crippen LogP contribution in [0, 0.1) is 16.3 Å². The molecule has 0 fully saturated rings. The molecule has 2 aromatic rings. The molecule has 0 aliphatic heterocycles. The average Bonchev–Trinajstić information content (AvgIpc) is 2.42. The summed E-state index contributed by atoms with van der Waals surface area (Å²) < 4.78 is 14.7. The van der Waals surface area contributed by atoms with Gasteiger partial charge in [0.25, 0.3) is 0 Å². The number of aromatic nitrogens is 2. The normalized spacial score (nSPS) is 10.7. The van der Waals surface area contributed by atoms with Gasteiger partial charge in [-0.2, -0.15) is 0 Å². The van der Waals surface area contributed by atoms with Crippen LogP contribution in [0.1, 0.15) is 31.5 Å². The van der Waals surface area contributed by atoms with Crippen molar-refractivity contribution in [3.63, 3.8) is 0 Å². The van der Waals surface area contributed by atoms with Crippen molar-refractivity contribution in [3.05, 3.63) is 38.8 Å². The van der Waals surface area contributed by atoms with Gasteiger partial charge in [0.2, 0.25) is 0 Å². The Kier molecular flexibility index (Phi) is 5.50. The van der Waals surface area contributed by atoms with E-state index in [1.807, 2.05) is 19.9 Å². The van der Waals surface area contributed by atoms with E-state index in [0.29, 0.717) is 5.82 Å². The molecule has 0 saturated carbocycles. The molecule has 0 aliphatic rings. The van der Waals surface area contributed by atoms with Crippen molar-refractivity contribution in [2.24, 2.45) is 0 Å². The average molecular weight is 399 g/mol. The number of nitrogens with zero attached hydrogens (tertiary/aromatic N) is 2. The van der Waals surface area contributed by atoms with Crippen LogP contribution in [0.4, 0.5) is 10.2 Å². The second-order valence-electron chi connectivity index (χ2n) is 4.95. The summed E-state index contributed by atoms with van der Waals surface area (Å²) in [6, 6.07) is 4.91. The zero-order valence-corrected chi connectivity index (χ0v) is 14.7. The van der Waals surface area contributed by atoms with Crippen molar-refractivity contribution >= 4 is 28.4 Å². The maximum Gasteiger partial charge on any atom is 0.161 e. The van der Waals surface area contributed by atoms with Crippen LogP contribution in [0.5, 0.6) is 0 Å². The van der Waals surface area contributed by atoms with Gasteiger partial charge < -0.3 is 5.32 Å². The molecule has 0 bridgehead atoms. The van der Waals surface area contributed by atoms with Crippen molar-refractivity contribution in [2.75, 3.05) is 11.9 Å². The minimum absolute atomic E-state index is 0.255. The Morgan fingerprint density at radius 3 is 2.57 bits per heavy atom. The minimum Gasteiger partial charge on any atom is -0.369 e. The number of rotatable bonds is 5. The van der Waals surface area contributed by atoms with Gasteiger partial charge in [0.05, 0.1) is 9.26 Å². The van der Waals surface area contributed by atoms with Crippen molar-refractivity contribution in [2.45, 2.75) is 33.6 Å². The Morgan fingerprint density at radius 1 is 1.19 bits per heavy atom. The number of aryl methyl sites for hydroxylation is 2. The molecule has 0 spiro atoms. The Balaban J connectivity index is 2.56. The van der Waals surface area contributed by atoms with E-state index in [2.05, 4.69) is 44.8 Å². The van der Waals surface area contributed by atoms with E-state index >= 15 is 0 Å². The Hall–Kier alpha value is -1.24. The molecule has 1 N–H and O–H groups in total. The first-order chi connectivity index (χ1) is 10.0. The summed E-state index contributed by atoms with van der Waals surface area (Å²) in [5.74, 6) is 1.15. The third kappa shape index (κ3) is 3.90. The summed E-state index contributed by atoms with van der Waals surface area (Å²) in [7, 11) is 0. The van der Waals surface area contributed by atoms with Crippen molar-refractivity contribution in [3.8, 4) is 11.4 Å². The lowest BCUT2D eigenvalue weighted by Crippen LogP contribution is -2.08. The second-order valence-corrected chi connectivity index (χ2v) is 6.03. The van der Waals surface area contributed by atoms with E-state index in [1.165, 1.54) is 12.1 Å². The summed E-state index contributed by atoms with van der Waals surface area (Å²) >= 11 is 2.28. The van der Waals surface area contributed by atoms with Gasteiger partial charge in [-0.3, -0.25) is 0 Å². The molecule has 2 rings (SSSR count). The van der Waals surface area contributed by atoms with Gasteiger partial charge in [0.15, 0.2) is 5.82 Å². The zero-order valence-electron chi connectivity index (χ0n) is 12.5. The minimum atomic E-state index is -0.255. The number of benzene rings is 1. The predicted octanol–water partition coefficient (Wildman–Crippen LogP) is 4.58. The van der Waals surface area contributed by atoms with E-state index in [9.17, 15) is 4.39 Å². The lowest BCUT2D eigenvalue weighted by molar-refractivity contribution is 0.627. The molecular weight excluding hydrogens is 380 g/mol. The van der Waals surface area contributed by atoms with E-state index in [-0.39, 0.29) is 5.82 Å². The number of hydrogen-bond donors (Lipinski definition) is 1. The number of hydrogen-bond acceptors (Lipinski definition) is 3. The van der Waals surface area contributed by atoms with Gasteiger partial charge >= 0.3 is 0 Å². The lowest BCUT2D eigenvalue weighted by atomic mass is 10.1. The quantitative estimate of drug-likeness (QED) is 0.748. The molecule has 0 atom stereocenters. The lowest BCUT2D eigenvalue weighted by Gasteiger charge is -2.12. The van der Waals surface area contributed by atoms with E-state index in [0.717, 1.165) is 45.6 Å². The van der Waals surface area contributed by atoms with Gasteiger partial charge in [-0.1, -0.05) is 13.3 Å². The molecule has 5 heteroatoms. The first-order valence-electron chi connectivity index (χ1n) is 7.13. The fourth-order valence-electron chi connectivity index (χ4n) is 2.18. The molecule has 0 aliphatic carbocycles. The first-order valence-corrected chi connectivity index (χ1v) is 8.20. The second kappa shape index (κ2) is 7.15. The number of nitrogens with one attached hydrogen (secondary N) is 1. The Morgan fingerprint density at radius 2 is 1.95 bits per heavy atom. The molecule has 0 amide bonds. The molecule has 0 unspecified atom stereocenters. The molecule has 1 aromatic heterocycles. The first kappa shape index (κ1) is 16.1. The highest BCUT2D eigenvalue weighted by atomic mass is 127. The zero-order chi connectivity index (χ0) is 15.4. The Labute approximate surface area is 138 Å². The van der Waals surface area contributed by atoms with Gasteiger partial charge in [-0.15, -0.1) is 0 Å². The Bertz CT molecular complexity index is 596. The summed E-state index contributed by atoms with van der Waals surface area (Å²) in [6.45, 7) is 6.82. The van der Waals surface area contributed by atoms with Crippen LogP contribution in [0.25, 0.3) is 11.4 Å². The van der Waals surface area contributed by atoms with Crippen LogP contribution >= 0.6 is 22.6 Å². The predicted molar refractivity (Wildman–Crippen MR) is 93.0 cm³/mol. The summed E-state index contributed by atoms with van der Waals surface area (Å²) in [6.07, 6.45) is 1.90. The molecule has 1 heterocycles. The standard InChI is InChI=1S/C16H19FIN3/c1-4-6-13-14(18)16(19-5-2)21-15(20-13)11-7-10(3)8-12(17)9-11/h7-9H,4-6H2,1-3H3,(H,19,20,21). The third-order valence-corrected chi connectivity index (χ3v) is 4.18. The van der Waals surface area contributed by atoms with Crippen LogP contribution in [0.3, 0.4) is 0 Å². The van der Waals surface area contributed by atoms with Crippen molar-refractivity contribution < 1.29 is 4.39 Å². The number of anilines is 1. The van der Waals surface area contributed by atoms with Crippen molar-refractivity contribution in [1.82, 2.24) is 9.97 Å². The van der Waals surface area contributed by atoms with E-state index < -0.39 is 0 Å². The summed E-state index contributed by atoms with van der Waals surface area (Å²) in [4.78, 5) is 9.19. The fourth-order valence-corrected chi connectivity index (χ4v) is 2.88. The summed E-state index contributed by atoms with van der Waals surface area (Å²) in [5.41, 5.74) is 2.61. The number of halogens is 2. The maximum atomic E-state index is 13.6. The smallest absolute Gasteiger partial charge is 0.161 e. The molecule has 1 aromatic carbocycles. The molecule has 0 saturated heterocycles. The van der Waals surface area contributed by atoms with Crippen LogP contribution in [-0.2, 0) is 6.42 Å². The largest absolute Gasteiger partial charge is 0.369 e. The maximum absolute atomic E-state index is 13.6. The van der Waals surface area contributed by atoms with E-state index in [4.69, 9.17) is 0 Å². The molecule has 0 radical (unpaired) electrons. The van der Waals surface area contributed by atoms with Gasteiger partial charge in [0, 0.05) is 12.1 Å². The van der Waals surface area contributed by atoms with Crippen LogP contribution in [-0.4, -0.2) is 16.5 Å². The monoisotopic (exact) mass is 399 g/mol. The van der Waals surface area contributed by atoms with Crippen LogP contribution in [0.2, 0.25) is 0 Å². The van der Waals surface area contributed by atoms with Crippen LogP contribution in [0.15, 0.2) is 18.2 Å². The van der Waals surface area contributed by atoms with Crippen LogP contribution < -0.4 is 5.32 Å². The molecule has 3 nitrogen and oxygen atoms in total. The van der Waals surface area contributed by atoms with E-state index in [1.54, 1.807) is 0 Å². The molecule has 112 valence electrons. The highest BCUT2D eigenvalue weighted by Crippen LogP contribution is 2.26. The molecule has 21 heavy (non-hydrogen) atoms. The molecular formula is C16H19FIN3. The SMILES string of the molecule is CCCc1nc(-c2cc(C)cc(F)c2)nc(NCC)c1I. The topological polar surface area (TPSA) is 37.8 Å². The van der Waals surface area contributed by atoms with Crippen molar-refractivity contribution in [1.29, 1.82) is 0 Å². The fraction of sp³-hybridized carbons (Fsp3) is 0.375.